The van der Waals surface area contributed by atoms with E-state index in [0.29, 0.717) is 11.4 Å². The van der Waals surface area contributed by atoms with Gasteiger partial charge in [-0.2, -0.15) is 0 Å². The summed E-state index contributed by atoms with van der Waals surface area (Å²) in [5.41, 5.74) is 0.604. The van der Waals surface area contributed by atoms with Crippen LogP contribution in [0.25, 0.3) is 0 Å². The topological polar surface area (TPSA) is 82.5 Å². The van der Waals surface area contributed by atoms with E-state index >= 15 is 0 Å². The zero-order chi connectivity index (χ0) is 13.3. The van der Waals surface area contributed by atoms with Crippen LogP contribution in [0.15, 0.2) is 18.3 Å². The number of aliphatic hydroxyl groups excluding tert-OH is 1. The van der Waals surface area contributed by atoms with Gasteiger partial charge in [0.15, 0.2) is 0 Å². The van der Waals surface area contributed by atoms with Crippen LogP contribution in [0.1, 0.15) is 25.5 Å². The molecule has 96 valence electrons. The summed E-state index contributed by atoms with van der Waals surface area (Å²) in [6.45, 7) is 3.38. The predicted molar refractivity (Wildman–Crippen MR) is 64.8 cm³/mol. The number of hydrogen-bond acceptors (Lipinski definition) is 5. The molecule has 6 nitrogen and oxygen atoms in total. The number of imide groups is 1. The molecule has 6 heteroatoms. The van der Waals surface area contributed by atoms with Crippen LogP contribution in [0.4, 0.5) is 5.82 Å². The lowest BCUT2D eigenvalue weighted by molar-refractivity contribution is -0.132. The number of aromatic nitrogens is 1. The Balaban J connectivity index is 2.41. The fraction of sp³-hybridized carbons (Fsp3) is 0.417. The molecule has 2 heterocycles. The van der Waals surface area contributed by atoms with Crippen molar-refractivity contribution in [2.45, 2.75) is 26.0 Å². The molecule has 1 aromatic rings. The Kier molecular flexibility index (Phi) is 3.29. The Hall–Kier alpha value is -1.95. The monoisotopic (exact) mass is 249 g/mol. The average Bonchev–Trinajstić information content (AvgIpc) is 2.33. The number of nitrogens with zero attached hydrogens (tertiary/aromatic N) is 2. The molecule has 1 aliphatic rings. The molecule has 2 amide bonds. The van der Waals surface area contributed by atoms with Crippen molar-refractivity contribution in [1.29, 1.82) is 0 Å². The second-order valence-corrected chi connectivity index (χ2v) is 4.31. The minimum atomic E-state index is -0.707. The molecule has 1 aromatic heterocycles. The molecule has 0 radical (unpaired) electrons. The van der Waals surface area contributed by atoms with Crippen LogP contribution in [-0.4, -0.2) is 34.5 Å². The molecule has 0 aliphatic carbocycles. The predicted octanol–water partition coefficient (Wildman–Crippen LogP) is -0.0138. The standard InChI is InChI=1S/C12H15N3O3/c1-7-12(18)14-10(17)6-15(7)11-9(8(2)16)4-3-5-13-11/h3-5,7-8,16H,6H2,1-2H3,(H,14,17,18). The van der Waals surface area contributed by atoms with Crippen molar-refractivity contribution in [2.24, 2.45) is 0 Å². The van der Waals surface area contributed by atoms with Crippen LogP contribution in [-0.2, 0) is 9.59 Å². The van der Waals surface area contributed by atoms with E-state index in [1.165, 1.54) is 0 Å². The summed E-state index contributed by atoms with van der Waals surface area (Å²) in [5, 5.41) is 12.0. The Bertz CT molecular complexity index is 487. The number of carbonyl (C=O) groups is 2. The largest absolute Gasteiger partial charge is 0.389 e. The van der Waals surface area contributed by atoms with Crippen LogP contribution in [0.5, 0.6) is 0 Å². The Morgan fingerprint density at radius 3 is 2.94 bits per heavy atom. The van der Waals surface area contributed by atoms with Crippen molar-refractivity contribution in [3.8, 4) is 0 Å². The van der Waals surface area contributed by atoms with E-state index in [1.807, 2.05) is 0 Å². The first-order valence-electron chi connectivity index (χ1n) is 5.74. The minimum absolute atomic E-state index is 0.0592. The van der Waals surface area contributed by atoms with E-state index in [-0.39, 0.29) is 18.4 Å². The fourth-order valence-electron chi connectivity index (χ4n) is 1.95. The highest BCUT2D eigenvalue weighted by atomic mass is 16.3. The summed E-state index contributed by atoms with van der Waals surface area (Å²) < 4.78 is 0. The van der Waals surface area contributed by atoms with Gasteiger partial charge in [-0.25, -0.2) is 4.98 Å². The summed E-state index contributed by atoms with van der Waals surface area (Å²) in [7, 11) is 0. The lowest BCUT2D eigenvalue weighted by atomic mass is 10.1. The molecule has 1 aliphatic heterocycles. The van der Waals surface area contributed by atoms with E-state index < -0.39 is 12.1 Å². The number of rotatable bonds is 2. The summed E-state index contributed by atoms with van der Waals surface area (Å²) in [6, 6.07) is 2.95. The van der Waals surface area contributed by atoms with Crippen molar-refractivity contribution in [2.75, 3.05) is 11.4 Å². The van der Waals surface area contributed by atoms with Gasteiger partial charge >= 0.3 is 0 Å². The fourth-order valence-corrected chi connectivity index (χ4v) is 1.95. The van der Waals surface area contributed by atoms with Crippen molar-refractivity contribution in [3.63, 3.8) is 0 Å². The van der Waals surface area contributed by atoms with Crippen LogP contribution < -0.4 is 10.2 Å². The first-order valence-corrected chi connectivity index (χ1v) is 5.74. The van der Waals surface area contributed by atoms with Crippen molar-refractivity contribution in [3.05, 3.63) is 23.9 Å². The number of piperazine rings is 1. The van der Waals surface area contributed by atoms with Gasteiger partial charge in [0, 0.05) is 11.8 Å². The third-order valence-corrected chi connectivity index (χ3v) is 2.96. The SMILES string of the molecule is CC(O)c1cccnc1N1CC(=O)NC(=O)C1C. The molecule has 1 fully saturated rings. The molecule has 0 bridgehead atoms. The van der Waals surface area contributed by atoms with Crippen molar-refractivity contribution >= 4 is 17.6 Å². The van der Waals surface area contributed by atoms with E-state index in [2.05, 4.69) is 10.3 Å². The summed E-state index contributed by atoms with van der Waals surface area (Å²) in [6.07, 6.45) is 0.867. The molecule has 18 heavy (non-hydrogen) atoms. The van der Waals surface area contributed by atoms with Gasteiger partial charge in [-0.05, 0) is 19.9 Å². The molecule has 0 spiro atoms. The summed E-state index contributed by atoms with van der Waals surface area (Å²) >= 11 is 0. The van der Waals surface area contributed by atoms with Crippen molar-refractivity contribution < 1.29 is 14.7 Å². The maximum Gasteiger partial charge on any atom is 0.249 e. The number of carbonyl (C=O) groups excluding carboxylic acids is 2. The Morgan fingerprint density at radius 1 is 1.56 bits per heavy atom. The lowest BCUT2D eigenvalue weighted by Gasteiger charge is -2.34. The van der Waals surface area contributed by atoms with Crippen LogP contribution in [0.3, 0.4) is 0 Å². The first kappa shape index (κ1) is 12.5. The number of anilines is 1. The van der Waals surface area contributed by atoms with Gasteiger partial charge in [0.2, 0.25) is 11.8 Å². The number of nitrogens with one attached hydrogen (secondary N) is 1. The highest BCUT2D eigenvalue weighted by Crippen LogP contribution is 2.25. The summed E-state index contributed by atoms with van der Waals surface area (Å²) in [4.78, 5) is 28.8. The van der Waals surface area contributed by atoms with E-state index in [9.17, 15) is 14.7 Å². The Morgan fingerprint density at radius 2 is 2.28 bits per heavy atom. The van der Waals surface area contributed by atoms with Crippen LogP contribution >= 0.6 is 0 Å². The lowest BCUT2D eigenvalue weighted by Crippen LogP contribution is -2.57. The molecule has 2 rings (SSSR count). The molecule has 2 N–H and O–H groups in total. The van der Waals surface area contributed by atoms with Gasteiger partial charge in [0.25, 0.3) is 0 Å². The second-order valence-electron chi connectivity index (χ2n) is 4.31. The maximum absolute atomic E-state index is 11.6. The van der Waals surface area contributed by atoms with E-state index in [4.69, 9.17) is 0 Å². The highest BCUT2D eigenvalue weighted by molar-refractivity contribution is 6.04. The van der Waals surface area contributed by atoms with Gasteiger partial charge in [-0.15, -0.1) is 0 Å². The van der Waals surface area contributed by atoms with Gasteiger partial charge in [0.1, 0.15) is 11.9 Å². The van der Waals surface area contributed by atoms with Gasteiger partial charge in [-0.1, -0.05) is 6.07 Å². The van der Waals surface area contributed by atoms with Gasteiger partial charge in [0.05, 0.1) is 12.6 Å². The normalized spacial score (nSPS) is 21.7. The zero-order valence-electron chi connectivity index (χ0n) is 10.3. The Labute approximate surface area is 105 Å². The number of pyridine rings is 1. The molecular weight excluding hydrogens is 234 g/mol. The number of hydrogen-bond donors (Lipinski definition) is 2. The number of amides is 2. The molecule has 2 unspecified atom stereocenters. The van der Waals surface area contributed by atoms with Crippen molar-refractivity contribution in [1.82, 2.24) is 10.3 Å². The third-order valence-electron chi connectivity index (χ3n) is 2.96. The summed E-state index contributed by atoms with van der Waals surface area (Å²) in [5.74, 6) is -0.239. The maximum atomic E-state index is 11.6. The smallest absolute Gasteiger partial charge is 0.249 e. The zero-order valence-corrected chi connectivity index (χ0v) is 10.3. The molecule has 2 atom stereocenters. The van der Waals surface area contributed by atoms with E-state index in [0.717, 1.165) is 0 Å². The molecule has 1 saturated heterocycles. The first-order chi connectivity index (χ1) is 8.50. The van der Waals surface area contributed by atoms with Gasteiger partial charge < -0.3 is 10.0 Å². The second kappa shape index (κ2) is 4.73. The molecule has 0 aromatic carbocycles. The van der Waals surface area contributed by atoms with Crippen LogP contribution in [0.2, 0.25) is 0 Å². The highest BCUT2D eigenvalue weighted by Gasteiger charge is 2.32. The quantitative estimate of drug-likeness (QED) is 0.720. The molecule has 0 saturated carbocycles. The van der Waals surface area contributed by atoms with Gasteiger partial charge in [-0.3, -0.25) is 14.9 Å². The van der Waals surface area contributed by atoms with E-state index in [1.54, 1.807) is 37.1 Å². The molecular formula is C12H15N3O3. The van der Waals surface area contributed by atoms with Crippen LogP contribution in [0, 0.1) is 0 Å². The number of aliphatic hydroxyl groups is 1. The minimum Gasteiger partial charge on any atom is -0.389 e. The average molecular weight is 249 g/mol. The third kappa shape index (κ3) is 2.19.